The quantitative estimate of drug-likeness (QED) is 0.306. The number of benzene rings is 1. The van der Waals surface area contributed by atoms with Crippen LogP contribution in [0.3, 0.4) is 0 Å². The lowest BCUT2D eigenvalue weighted by molar-refractivity contribution is -0.116. The molecule has 0 aliphatic carbocycles. The van der Waals surface area contributed by atoms with Gasteiger partial charge in [0, 0.05) is 30.7 Å². The van der Waals surface area contributed by atoms with Crippen molar-refractivity contribution in [2.24, 2.45) is 0 Å². The Morgan fingerprint density at radius 1 is 1.28 bits per heavy atom. The fraction of sp³-hybridized carbons (Fsp3) is 0.364. The number of amides is 1. The van der Waals surface area contributed by atoms with Gasteiger partial charge in [-0.15, -0.1) is 0 Å². The molecule has 1 aromatic carbocycles. The Bertz CT molecular complexity index is 1110. The van der Waals surface area contributed by atoms with Crippen LogP contribution in [0.2, 0.25) is 5.02 Å². The van der Waals surface area contributed by atoms with E-state index in [1.54, 1.807) is 30.1 Å². The van der Waals surface area contributed by atoms with Gasteiger partial charge in [-0.3, -0.25) is 4.79 Å². The molecule has 8 nitrogen and oxygen atoms in total. The third-order valence-corrected chi connectivity index (χ3v) is 6.06. The molecule has 3 aromatic rings. The summed E-state index contributed by atoms with van der Waals surface area (Å²) in [6, 6.07) is 7.39. The molecule has 32 heavy (non-hydrogen) atoms. The van der Waals surface area contributed by atoms with Crippen molar-refractivity contribution in [3.05, 3.63) is 47.1 Å². The van der Waals surface area contributed by atoms with Gasteiger partial charge in [-0.2, -0.15) is 5.10 Å². The molecule has 0 bridgehead atoms. The minimum absolute atomic E-state index is 0.188. The largest absolute Gasteiger partial charge is 0.378 e. The van der Waals surface area contributed by atoms with E-state index in [9.17, 15) is 4.79 Å². The van der Waals surface area contributed by atoms with Crippen molar-refractivity contribution in [3.63, 3.8) is 0 Å². The second kappa shape index (κ2) is 10.8. The van der Waals surface area contributed by atoms with Crippen LogP contribution in [0.25, 0.3) is 17.1 Å². The SMILES string of the molecule is CCSc1nc(N2CCOCC2)c2cnn(CCNC(=O)/C=C/c3ccccc3Cl)c2n1. The third kappa shape index (κ3) is 5.40. The Morgan fingerprint density at radius 3 is 2.88 bits per heavy atom. The number of thioether (sulfide) groups is 1. The molecule has 1 aliphatic heterocycles. The van der Waals surface area contributed by atoms with Gasteiger partial charge in [-0.05, 0) is 23.5 Å². The van der Waals surface area contributed by atoms with E-state index in [4.69, 9.17) is 26.3 Å². The van der Waals surface area contributed by atoms with Crippen LogP contribution in [-0.2, 0) is 16.1 Å². The summed E-state index contributed by atoms with van der Waals surface area (Å²) in [5.74, 6) is 1.59. The average Bonchev–Trinajstić information content (AvgIpc) is 3.22. The highest BCUT2D eigenvalue weighted by Crippen LogP contribution is 2.27. The fourth-order valence-corrected chi connectivity index (χ4v) is 4.17. The molecular formula is C22H25ClN6O2S. The number of nitrogens with one attached hydrogen (secondary N) is 1. The topological polar surface area (TPSA) is 85.2 Å². The van der Waals surface area contributed by atoms with Gasteiger partial charge >= 0.3 is 0 Å². The summed E-state index contributed by atoms with van der Waals surface area (Å²) in [6.45, 7) is 5.96. The smallest absolute Gasteiger partial charge is 0.244 e. The first-order valence-electron chi connectivity index (χ1n) is 10.5. The molecule has 0 spiro atoms. The zero-order valence-corrected chi connectivity index (χ0v) is 19.4. The average molecular weight is 473 g/mol. The Hall–Kier alpha value is -2.62. The Morgan fingerprint density at radius 2 is 2.09 bits per heavy atom. The zero-order chi connectivity index (χ0) is 22.3. The normalized spacial score (nSPS) is 14.4. The third-order valence-electron chi connectivity index (χ3n) is 4.98. The Labute approximate surface area is 196 Å². The first kappa shape index (κ1) is 22.6. The van der Waals surface area contributed by atoms with Crippen LogP contribution in [0.4, 0.5) is 5.82 Å². The minimum Gasteiger partial charge on any atom is -0.378 e. The van der Waals surface area contributed by atoms with Crippen molar-refractivity contribution < 1.29 is 9.53 Å². The number of anilines is 1. The van der Waals surface area contributed by atoms with Gasteiger partial charge in [-0.1, -0.05) is 48.5 Å². The van der Waals surface area contributed by atoms with Crippen molar-refractivity contribution >= 4 is 52.2 Å². The highest BCUT2D eigenvalue weighted by atomic mass is 35.5. The van der Waals surface area contributed by atoms with Gasteiger partial charge in [0.15, 0.2) is 10.8 Å². The summed E-state index contributed by atoms with van der Waals surface area (Å²) < 4.78 is 7.30. The van der Waals surface area contributed by atoms with E-state index in [1.807, 2.05) is 22.9 Å². The number of carbonyl (C=O) groups excluding carboxylic acids is 1. The minimum atomic E-state index is -0.188. The van der Waals surface area contributed by atoms with Crippen LogP contribution in [0.5, 0.6) is 0 Å². The van der Waals surface area contributed by atoms with Crippen molar-refractivity contribution in [2.75, 3.05) is 43.5 Å². The molecule has 1 N–H and O–H groups in total. The number of carbonyl (C=O) groups is 1. The maximum absolute atomic E-state index is 12.2. The van der Waals surface area contributed by atoms with E-state index < -0.39 is 0 Å². The van der Waals surface area contributed by atoms with Crippen LogP contribution < -0.4 is 10.2 Å². The van der Waals surface area contributed by atoms with Gasteiger partial charge in [0.1, 0.15) is 5.82 Å². The van der Waals surface area contributed by atoms with Crippen molar-refractivity contribution in [2.45, 2.75) is 18.6 Å². The van der Waals surface area contributed by atoms with Crippen LogP contribution in [0.1, 0.15) is 12.5 Å². The molecular weight excluding hydrogens is 448 g/mol. The van der Waals surface area contributed by atoms with Crippen molar-refractivity contribution in [3.8, 4) is 0 Å². The summed E-state index contributed by atoms with van der Waals surface area (Å²) in [5.41, 5.74) is 1.58. The van der Waals surface area contributed by atoms with Gasteiger partial charge in [-0.25, -0.2) is 14.6 Å². The first-order valence-corrected chi connectivity index (χ1v) is 11.9. The van der Waals surface area contributed by atoms with Crippen LogP contribution in [0, 0.1) is 0 Å². The molecule has 1 amide bonds. The number of halogens is 1. The number of rotatable bonds is 8. The maximum Gasteiger partial charge on any atom is 0.244 e. The zero-order valence-electron chi connectivity index (χ0n) is 17.8. The fourth-order valence-electron chi connectivity index (χ4n) is 3.41. The summed E-state index contributed by atoms with van der Waals surface area (Å²) in [7, 11) is 0. The van der Waals surface area contributed by atoms with Crippen molar-refractivity contribution in [1.82, 2.24) is 25.1 Å². The van der Waals surface area contributed by atoms with Crippen molar-refractivity contribution in [1.29, 1.82) is 0 Å². The van der Waals surface area contributed by atoms with E-state index in [0.29, 0.717) is 31.3 Å². The second-order valence-corrected chi connectivity index (χ2v) is 8.75. The summed E-state index contributed by atoms with van der Waals surface area (Å²) in [6.07, 6.45) is 4.99. The summed E-state index contributed by atoms with van der Waals surface area (Å²) >= 11 is 7.72. The lowest BCUT2D eigenvalue weighted by Crippen LogP contribution is -2.37. The highest BCUT2D eigenvalue weighted by Gasteiger charge is 2.20. The molecule has 4 rings (SSSR count). The molecule has 168 valence electrons. The molecule has 0 atom stereocenters. The lowest BCUT2D eigenvalue weighted by Gasteiger charge is -2.28. The Kier molecular flexibility index (Phi) is 7.62. The number of fused-ring (bicyclic) bond motifs is 1. The number of hydrogen-bond donors (Lipinski definition) is 1. The highest BCUT2D eigenvalue weighted by molar-refractivity contribution is 7.99. The number of morpholine rings is 1. The van der Waals surface area contributed by atoms with Gasteiger partial charge in [0.2, 0.25) is 5.91 Å². The number of nitrogens with zero attached hydrogens (tertiary/aromatic N) is 5. The molecule has 10 heteroatoms. The Balaban J connectivity index is 1.45. The standard InChI is InChI=1S/C22H25ClN6O2S/c1-2-32-22-26-20(28-11-13-31-14-12-28)17-15-25-29(21(17)27-22)10-9-24-19(30)8-7-16-5-3-4-6-18(16)23/h3-8,15H,2,9-14H2,1H3,(H,24,30)/b8-7+. The lowest BCUT2D eigenvalue weighted by atomic mass is 10.2. The molecule has 1 saturated heterocycles. The molecule has 3 heterocycles. The number of aromatic nitrogens is 4. The summed E-state index contributed by atoms with van der Waals surface area (Å²) in [4.78, 5) is 23.9. The summed E-state index contributed by atoms with van der Waals surface area (Å²) in [5, 5.41) is 9.66. The number of ether oxygens (including phenoxy) is 1. The van der Waals surface area contributed by atoms with E-state index in [-0.39, 0.29) is 5.91 Å². The van der Waals surface area contributed by atoms with Crippen LogP contribution in [0.15, 0.2) is 41.7 Å². The molecule has 0 unspecified atom stereocenters. The van der Waals surface area contributed by atoms with Crippen LogP contribution >= 0.6 is 23.4 Å². The maximum atomic E-state index is 12.2. The molecule has 1 aliphatic rings. The van der Waals surface area contributed by atoms with E-state index in [0.717, 1.165) is 46.4 Å². The van der Waals surface area contributed by atoms with E-state index >= 15 is 0 Å². The second-order valence-electron chi connectivity index (χ2n) is 7.11. The number of hydrogen-bond acceptors (Lipinski definition) is 7. The molecule has 0 radical (unpaired) electrons. The van der Waals surface area contributed by atoms with Gasteiger partial charge in [0.05, 0.1) is 31.3 Å². The van der Waals surface area contributed by atoms with Crippen LogP contribution in [-0.4, -0.2) is 64.3 Å². The van der Waals surface area contributed by atoms with E-state index in [1.165, 1.54) is 6.08 Å². The van der Waals surface area contributed by atoms with Gasteiger partial charge in [0.25, 0.3) is 0 Å². The predicted octanol–water partition coefficient (Wildman–Crippen LogP) is 3.26. The molecule has 1 fully saturated rings. The predicted molar refractivity (Wildman–Crippen MR) is 128 cm³/mol. The molecule has 0 saturated carbocycles. The van der Waals surface area contributed by atoms with Gasteiger partial charge < -0.3 is 15.0 Å². The first-order chi connectivity index (χ1) is 15.7. The molecule has 2 aromatic heterocycles. The monoisotopic (exact) mass is 472 g/mol. The van der Waals surface area contributed by atoms with E-state index in [2.05, 4.69) is 22.2 Å².